The van der Waals surface area contributed by atoms with E-state index in [-0.39, 0.29) is 44.8 Å². The maximum Gasteiger partial charge on any atom is 1.00 e. The molecular formula is C56H44Au2P2+2. The Morgan fingerprint density at radius 3 is 0.933 bits per heavy atom. The van der Waals surface area contributed by atoms with Crippen molar-refractivity contribution in [3.8, 4) is 34.1 Å². The molecule has 60 heavy (non-hydrogen) atoms. The minimum absolute atomic E-state index is 0. The van der Waals surface area contributed by atoms with Gasteiger partial charge in [0.1, 0.15) is 12.3 Å². The van der Waals surface area contributed by atoms with Crippen LogP contribution in [0.15, 0.2) is 206 Å². The van der Waals surface area contributed by atoms with E-state index in [2.05, 4.69) is 194 Å². The molecule has 0 saturated heterocycles. The van der Waals surface area contributed by atoms with Crippen LogP contribution in [0, 0.1) is 24.7 Å². The Morgan fingerprint density at radius 2 is 0.617 bits per heavy atom. The summed E-state index contributed by atoms with van der Waals surface area (Å²) in [5.41, 5.74) is 12.2. The molecular weight excluding hydrogens is 1130 g/mol. The summed E-state index contributed by atoms with van der Waals surface area (Å²) in [7, 11) is -1.57. The van der Waals surface area contributed by atoms with E-state index < -0.39 is 15.8 Å². The zero-order chi connectivity index (χ0) is 39.5. The average molecular weight is 1170 g/mol. The Morgan fingerprint density at radius 1 is 0.333 bits per heavy atom. The van der Waals surface area contributed by atoms with Crippen LogP contribution in [-0.2, 0) is 57.6 Å². The molecule has 8 aromatic rings. The molecule has 0 N–H and O–H groups in total. The second kappa shape index (κ2) is 22.2. The fraction of sp³-hybridized carbons (Fsp3) is 0.0714. The number of hydrogen-bond donors (Lipinski definition) is 0. The molecule has 298 valence electrons. The molecule has 0 bridgehead atoms. The van der Waals surface area contributed by atoms with E-state index in [0.29, 0.717) is 0 Å². The van der Waals surface area contributed by atoms with Crippen LogP contribution in [0.3, 0.4) is 0 Å². The molecule has 4 heteroatoms. The molecule has 0 nitrogen and oxygen atoms in total. The molecule has 2 aliphatic rings. The second-order valence-corrected chi connectivity index (χ2v) is 19.7. The van der Waals surface area contributed by atoms with Crippen LogP contribution in [0.4, 0.5) is 0 Å². The third kappa shape index (κ3) is 10.4. The molecule has 0 unspecified atom stereocenters. The van der Waals surface area contributed by atoms with Crippen molar-refractivity contribution in [2.75, 3.05) is 12.3 Å². The topological polar surface area (TPSA) is 0 Å². The summed E-state index contributed by atoms with van der Waals surface area (Å²) in [4.78, 5) is 0. The van der Waals surface area contributed by atoms with Crippen LogP contribution >= 0.6 is 15.8 Å². The van der Waals surface area contributed by atoms with Gasteiger partial charge in [0.2, 0.25) is 0 Å². The molecule has 0 amide bonds. The zero-order valence-electron chi connectivity index (χ0n) is 33.1. The van der Waals surface area contributed by atoms with Crippen LogP contribution in [-0.4, -0.2) is 12.3 Å². The van der Waals surface area contributed by atoms with Crippen LogP contribution < -0.4 is 21.2 Å². The van der Waals surface area contributed by atoms with Crippen molar-refractivity contribution in [2.24, 2.45) is 0 Å². The summed E-state index contributed by atoms with van der Waals surface area (Å²) in [5, 5.41) is 6.06. The molecule has 0 aliphatic heterocycles. The molecule has 10 rings (SSSR count). The van der Waals surface area contributed by atoms with Crippen molar-refractivity contribution in [3.63, 3.8) is 0 Å². The van der Waals surface area contributed by atoms with Crippen molar-refractivity contribution in [1.82, 2.24) is 0 Å². The van der Waals surface area contributed by atoms with E-state index >= 15 is 0 Å². The van der Waals surface area contributed by atoms with E-state index in [1.807, 2.05) is 24.3 Å². The van der Waals surface area contributed by atoms with Crippen molar-refractivity contribution in [3.05, 3.63) is 252 Å². The Balaban J connectivity index is 0.000000160. The summed E-state index contributed by atoms with van der Waals surface area (Å²) in [6, 6.07) is 73.5. The van der Waals surface area contributed by atoms with Gasteiger partial charge >= 0.3 is 44.8 Å². The molecule has 0 aromatic heterocycles. The van der Waals surface area contributed by atoms with Crippen molar-refractivity contribution in [2.45, 2.75) is 12.8 Å². The van der Waals surface area contributed by atoms with E-state index in [1.165, 1.54) is 78.0 Å². The minimum Gasteiger partial charge on any atom is -0.366 e. The van der Waals surface area contributed by atoms with E-state index in [0.717, 1.165) is 24.0 Å². The van der Waals surface area contributed by atoms with Gasteiger partial charge in [0, 0.05) is 0 Å². The second-order valence-electron chi connectivity index (χ2n) is 14.5. The van der Waals surface area contributed by atoms with Crippen LogP contribution in [0.25, 0.3) is 22.3 Å². The summed E-state index contributed by atoms with van der Waals surface area (Å²) >= 11 is 0. The molecule has 0 spiro atoms. The van der Waals surface area contributed by atoms with Gasteiger partial charge in [0.05, 0.1) is 37.1 Å². The van der Waals surface area contributed by atoms with Gasteiger partial charge in [0.15, 0.2) is 0 Å². The predicted octanol–water partition coefficient (Wildman–Crippen LogP) is 11.1. The van der Waals surface area contributed by atoms with Crippen LogP contribution in [0.1, 0.15) is 33.4 Å². The maximum absolute atomic E-state index is 7.27. The summed E-state index contributed by atoms with van der Waals surface area (Å²) in [6.45, 7) is 0. The fourth-order valence-corrected chi connectivity index (χ4v) is 14.5. The number of hydrogen-bond acceptors (Lipinski definition) is 0. The number of fused-ring (bicyclic) bond motifs is 6. The first-order valence-electron chi connectivity index (χ1n) is 19.9. The predicted molar refractivity (Wildman–Crippen MR) is 253 cm³/mol. The first kappa shape index (κ1) is 44.8. The zero-order valence-corrected chi connectivity index (χ0v) is 39.4. The first-order valence-corrected chi connectivity index (χ1v) is 23.3. The first-order chi connectivity index (χ1) is 28.7. The summed E-state index contributed by atoms with van der Waals surface area (Å²) in [5.74, 6) is 5.02. The molecule has 0 saturated carbocycles. The van der Waals surface area contributed by atoms with Gasteiger partial charge < -0.3 is 12.8 Å². The van der Waals surface area contributed by atoms with Gasteiger partial charge in [-0.3, -0.25) is 11.8 Å². The van der Waals surface area contributed by atoms with Gasteiger partial charge in [-0.05, 0) is 94.8 Å². The van der Waals surface area contributed by atoms with Gasteiger partial charge in [-0.1, -0.05) is 146 Å². The van der Waals surface area contributed by atoms with Crippen LogP contribution in [0.2, 0.25) is 0 Å². The SMILES string of the molecule is [Au+].[Au+].[C-]#Cc1cccc2c1Cc1ccccc1-2.[C-]#Cc1cccc2c1Cc1ccccc1-2.c1ccc([PH+](CC[PH+](c2ccccc2)c2ccccc2)c2ccccc2)cc1. The van der Waals surface area contributed by atoms with E-state index in [4.69, 9.17) is 12.8 Å². The molecule has 0 fully saturated rings. The summed E-state index contributed by atoms with van der Waals surface area (Å²) < 4.78 is 0. The normalized spacial score (nSPS) is 11.0. The monoisotopic (exact) mass is 1170 g/mol. The Labute approximate surface area is 390 Å². The Hall–Kier alpha value is -4.78. The number of rotatable bonds is 7. The Kier molecular flexibility index (Phi) is 16.5. The van der Waals surface area contributed by atoms with E-state index in [1.54, 1.807) is 0 Å². The van der Waals surface area contributed by atoms with Crippen LogP contribution in [0.5, 0.6) is 0 Å². The van der Waals surface area contributed by atoms with Gasteiger partial charge in [0.25, 0.3) is 0 Å². The largest absolute Gasteiger partial charge is 1.00 e. The molecule has 0 atom stereocenters. The van der Waals surface area contributed by atoms with Gasteiger partial charge in [-0.25, -0.2) is 0 Å². The van der Waals surface area contributed by atoms with Crippen molar-refractivity contribution >= 4 is 37.1 Å². The minimum atomic E-state index is -0.783. The molecule has 0 heterocycles. The average Bonchev–Trinajstić information content (AvgIpc) is 3.88. The van der Waals surface area contributed by atoms with Crippen molar-refractivity contribution in [1.29, 1.82) is 0 Å². The quantitative estimate of drug-likeness (QED) is 0.0646. The Bertz CT molecular complexity index is 2430. The maximum atomic E-state index is 7.27. The van der Waals surface area contributed by atoms with Gasteiger partial charge in [-0.15, -0.1) is 34.4 Å². The fourth-order valence-electron chi connectivity index (χ4n) is 8.27. The molecule has 8 aromatic carbocycles. The standard InChI is InChI=1S/C26H24P2.2C15H9.2Au/c1-5-13-23(14-6-1)27(24-15-7-2-8-16-24)21-22-28(25-17-9-3-10-18-25)26-19-11-4-12-20-26;2*1-2-11-7-5-9-14-13-8-4-3-6-12(13)10-15(11)14;;/h1-20H,21-22H2;2*3-9H,10H2;;/q;2*-1;2*+1/p+2. The van der Waals surface area contributed by atoms with Crippen molar-refractivity contribution < 1.29 is 44.8 Å². The smallest absolute Gasteiger partial charge is 0.366 e. The molecule has 0 radical (unpaired) electrons. The number of benzene rings is 8. The van der Waals surface area contributed by atoms with Gasteiger partial charge in [-0.2, -0.15) is 0 Å². The van der Waals surface area contributed by atoms with E-state index in [9.17, 15) is 0 Å². The molecule has 2 aliphatic carbocycles. The third-order valence-corrected chi connectivity index (χ3v) is 17.2. The summed E-state index contributed by atoms with van der Waals surface area (Å²) in [6.07, 6.45) is 18.9. The third-order valence-electron chi connectivity index (χ3n) is 11.1.